The molecule has 0 spiro atoms. The van der Waals surface area contributed by atoms with Gasteiger partial charge in [-0.3, -0.25) is 4.79 Å². The Hall–Kier alpha value is -1.43. The van der Waals surface area contributed by atoms with Gasteiger partial charge in [0.25, 0.3) is 0 Å². The molecule has 19 heavy (non-hydrogen) atoms. The molecule has 0 aliphatic carbocycles. The molecule has 1 rings (SSSR count). The quantitative estimate of drug-likeness (QED) is 0.457. The third kappa shape index (κ3) is 4.63. The number of carbonyl (C=O) groups is 1. The second-order valence-electron chi connectivity index (χ2n) is 4.49. The first-order valence-electron chi connectivity index (χ1n) is 6.57. The minimum Gasteiger partial charge on any atom is -0.411 e. The fraction of sp³-hybridized carbons (Fsp3) is 0.615. The summed E-state index contributed by atoms with van der Waals surface area (Å²) in [6, 6.07) is 0. The fourth-order valence-electron chi connectivity index (χ4n) is 1.86. The summed E-state index contributed by atoms with van der Waals surface area (Å²) >= 11 is 1.34. The first-order chi connectivity index (χ1) is 9.12. The Morgan fingerprint density at radius 1 is 1.47 bits per heavy atom. The maximum absolute atomic E-state index is 12.1. The SMILES string of the molecule is CCCC(CCC)C(=O)Nc1nc(C(C)=NO)cs1. The number of oxime groups is 1. The highest BCUT2D eigenvalue weighted by Crippen LogP contribution is 2.20. The van der Waals surface area contributed by atoms with Crippen molar-refractivity contribution in [3.8, 4) is 0 Å². The summed E-state index contributed by atoms with van der Waals surface area (Å²) in [6.07, 6.45) is 3.79. The maximum Gasteiger partial charge on any atom is 0.229 e. The lowest BCUT2D eigenvalue weighted by Gasteiger charge is -2.13. The molecule has 0 aliphatic rings. The number of carbonyl (C=O) groups excluding carboxylic acids is 1. The molecule has 1 aromatic rings. The van der Waals surface area contributed by atoms with Crippen LogP contribution in [0.3, 0.4) is 0 Å². The molecule has 0 radical (unpaired) electrons. The highest BCUT2D eigenvalue weighted by atomic mass is 32.1. The molecule has 0 bridgehead atoms. The van der Waals surface area contributed by atoms with E-state index in [1.165, 1.54) is 11.3 Å². The average molecular weight is 283 g/mol. The van der Waals surface area contributed by atoms with Gasteiger partial charge in [-0.15, -0.1) is 11.3 Å². The highest BCUT2D eigenvalue weighted by molar-refractivity contribution is 7.14. The third-order valence-electron chi connectivity index (χ3n) is 2.90. The molecular weight excluding hydrogens is 262 g/mol. The van der Waals surface area contributed by atoms with Crippen molar-refractivity contribution in [2.45, 2.75) is 46.5 Å². The van der Waals surface area contributed by atoms with Gasteiger partial charge in [-0.1, -0.05) is 31.8 Å². The monoisotopic (exact) mass is 283 g/mol. The van der Waals surface area contributed by atoms with Gasteiger partial charge in [-0.05, 0) is 19.8 Å². The summed E-state index contributed by atoms with van der Waals surface area (Å²) in [6.45, 7) is 5.83. The molecule has 1 amide bonds. The lowest BCUT2D eigenvalue weighted by molar-refractivity contribution is -0.120. The van der Waals surface area contributed by atoms with Crippen LogP contribution in [0.2, 0.25) is 0 Å². The van der Waals surface area contributed by atoms with E-state index >= 15 is 0 Å². The van der Waals surface area contributed by atoms with E-state index in [2.05, 4.69) is 29.3 Å². The third-order valence-corrected chi connectivity index (χ3v) is 3.66. The van der Waals surface area contributed by atoms with Crippen LogP contribution < -0.4 is 5.32 Å². The number of anilines is 1. The van der Waals surface area contributed by atoms with Gasteiger partial charge in [0.1, 0.15) is 11.4 Å². The number of nitrogens with one attached hydrogen (secondary N) is 1. The summed E-state index contributed by atoms with van der Waals surface area (Å²) in [5, 5.41) is 16.9. The Bertz CT molecular complexity index is 437. The topological polar surface area (TPSA) is 74.6 Å². The molecule has 0 fully saturated rings. The summed E-state index contributed by atoms with van der Waals surface area (Å²) in [5.41, 5.74) is 1.03. The van der Waals surface area contributed by atoms with Gasteiger partial charge in [-0.2, -0.15) is 0 Å². The Balaban J connectivity index is 2.67. The zero-order chi connectivity index (χ0) is 14.3. The molecule has 106 valence electrons. The molecule has 2 N–H and O–H groups in total. The van der Waals surface area contributed by atoms with Gasteiger partial charge in [0.15, 0.2) is 5.13 Å². The smallest absolute Gasteiger partial charge is 0.229 e. The molecule has 5 nitrogen and oxygen atoms in total. The second-order valence-corrected chi connectivity index (χ2v) is 5.34. The van der Waals surface area contributed by atoms with Crippen LogP contribution in [0.5, 0.6) is 0 Å². The van der Waals surface area contributed by atoms with E-state index < -0.39 is 0 Å². The van der Waals surface area contributed by atoms with Gasteiger partial charge in [-0.25, -0.2) is 4.98 Å². The van der Waals surface area contributed by atoms with Gasteiger partial charge >= 0.3 is 0 Å². The highest BCUT2D eigenvalue weighted by Gasteiger charge is 2.18. The average Bonchev–Trinajstić information content (AvgIpc) is 2.86. The first kappa shape index (κ1) is 15.6. The predicted octanol–water partition coefficient (Wildman–Crippen LogP) is 3.50. The lowest BCUT2D eigenvalue weighted by Crippen LogP contribution is -2.22. The summed E-state index contributed by atoms with van der Waals surface area (Å²) in [5.74, 6) is 0.0816. The van der Waals surface area contributed by atoms with Gasteiger partial charge in [0.2, 0.25) is 5.91 Å². The van der Waals surface area contributed by atoms with Crippen LogP contribution in [0.4, 0.5) is 5.13 Å². The molecular formula is C13H21N3O2S. The van der Waals surface area contributed by atoms with Gasteiger partial charge < -0.3 is 10.5 Å². The molecule has 0 saturated heterocycles. The maximum atomic E-state index is 12.1. The Kier molecular flexibility index (Phi) is 6.49. The van der Waals surface area contributed by atoms with E-state index in [9.17, 15) is 4.79 Å². The van der Waals surface area contributed by atoms with Crippen molar-refractivity contribution < 1.29 is 10.0 Å². The normalized spacial score (nSPS) is 11.9. The molecule has 0 unspecified atom stereocenters. The van der Waals surface area contributed by atoms with Crippen LogP contribution in [-0.2, 0) is 4.79 Å². The molecule has 1 heterocycles. The number of aromatic nitrogens is 1. The van der Waals surface area contributed by atoms with Crippen LogP contribution in [0.15, 0.2) is 10.5 Å². The van der Waals surface area contributed by atoms with Crippen molar-refractivity contribution in [1.29, 1.82) is 0 Å². The van der Waals surface area contributed by atoms with Crippen LogP contribution in [0.25, 0.3) is 0 Å². The number of amides is 1. The number of hydrogen-bond acceptors (Lipinski definition) is 5. The van der Waals surface area contributed by atoms with Crippen molar-refractivity contribution in [3.63, 3.8) is 0 Å². The number of thiazole rings is 1. The standard InChI is InChI=1S/C13H21N3O2S/c1-4-6-10(7-5-2)12(17)15-13-14-11(8-19-13)9(3)16-18/h8,10,18H,4-7H2,1-3H3,(H,14,15,17). The van der Waals surface area contributed by atoms with Crippen molar-refractivity contribution >= 4 is 28.1 Å². The zero-order valence-electron chi connectivity index (χ0n) is 11.6. The van der Waals surface area contributed by atoms with Gasteiger partial charge in [0.05, 0.1) is 0 Å². The van der Waals surface area contributed by atoms with Crippen molar-refractivity contribution in [1.82, 2.24) is 4.98 Å². The van der Waals surface area contributed by atoms with E-state index in [0.29, 0.717) is 16.5 Å². The van der Waals surface area contributed by atoms with Crippen molar-refractivity contribution in [2.75, 3.05) is 5.32 Å². The molecule has 0 aliphatic heterocycles. The van der Waals surface area contributed by atoms with Crippen LogP contribution in [-0.4, -0.2) is 21.8 Å². The van der Waals surface area contributed by atoms with E-state index in [1.54, 1.807) is 12.3 Å². The van der Waals surface area contributed by atoms with Crippen molar-refractivity contribution in [3.05, 3.63) is 11.1 Å². The summed E-state index contributed by atoms with van der Waals surface area (Å²) in [4.78, 5) is 16.3. The van der Waals surface area contributed by atoms with E-state index in [1.807, 2.05) is 0 Å². The van der Waals surface area contributed by atoms with Crippen LogP contribution >= 0.6 is 11.3 Å². The van der Waals surface area contributed by atoms with E-state index in [-0.39, 0.29) is 11.8 Å². The fourth-order valence-corrected chi connectivity index (χ4v) is 2.62. The van der Waals surface area contributed by atoms with Crippen LogP contribution in [0.1, 0.15) is 52.1 Å². The molecule has 1 aromatic heterocycles. The molecule has 0 aromatic carbocycles. The Labute approximate surface area is 117 Å². The van der Waals surface area contributed by atoms with Gasteiger partial charge in [0, 0.05) is 11.3 Å². The largest absolute Gasteiger partial charge is 0.411 e. The first-order valence-corrected chi connectivity index (χ1v) is 7.45. The summed E-state index contributed by atoms with van der Waals surface area (Å²) < 4.78 is 0. The lowest BCUT2D eigenvalue weighted by atomic mass is 9.97. The molecule has 6 heteroatoms. The second kappa shape index (κ2) is 7.89. The molecule has 0 saturated carbocycles. The number of hydrogen-bond donors (Lipinski definition) is 2. The predicted molar refractivity (Wildman–Crippen MR) is 78.0 cm³/mol. The Morgan fingerprint density at radius 2 is 2.11 bits per heavy atom. The van der Waals surface area contributed by atoms with E-state index in [0.717, 1.165) is 25.7 Å². The Morgan fingerprint density at radius 3 is 2.63 bits per heavy atom. The minimum atomic E-state index is 0.0307. The molecule has 0 atom stereocenters. The number of nitrogens with zero attached hydrogens (tertiary/aromatic N) is 2. The summed E-state index contributed by atoms with van der Waals surface area (Å²) in [7, 11) is 0. The number of rotatable bonds is 7. The van der Waals surface area contributed by atoms with Crippen molar-refractivity contribution in [2.24, 2.45) is 11.1 Å². The van der Waals surface area contributed by atoms with E-state index in [4.69, 9.17) is 5.21 Å². The minimum absolute atomic E-state index is 0.0307. The zero-order valence-corrected chi connectivity index (χ0v) is 12.5. The van der Waals surface area contributed by atoms with Crippen LogP contribution in [0, 0.1) is 5.92 Å².